The van der Waals surface area contributed by atoms with E-state index in [9.17, 15) is 4.79 Å². The van der Waals surface area contributed by atoms with Crippen molar-refractivity contribution < 1.29 is 9.90 Å². The van der Waals surface area contributed by atoms with E-state index >= 15 is 0 Å². The van der Waals surface area contributed by atoms with Crippen LogP contribution >= 0.6 is 11.3 Å². The van der Waals surface area contributed by atoms with E-state index in [1.807, 2.05) is 27.7 Å². The van der Waals surface area contributed by atoms with Crippen LogP contribution in [0.3, 0.4) is 0 Å². The number of aliphatic carboxylic acids is 1. The summed E-state index contributed by atoms with van der Waals surface area (Å²) in [7, 11) is 0. The molecule has 0 aromatic carbocycles. The Bertz CT molecular complexity index is 368. The van der Waals surface area contributed by atoms with E-state index in [0.717, 1.165) is 10.7 Å². The third kappa shape index (κ3) is 4.44. The van der Waals surface area contributed by atoms with Crippen molar-refractivity contribution in [1.29, 1.82) is 0 Å². The SMILES string of the molecule is Cc1nc(CNC(CC(C)C)C(=O)O)sc1C. The van der Waals surface area contributed by atoms with Gasteiger partial charge in [-0.15, -0.1) is 11.3 Å². The minimum Gasteiger partial charge on any atom is -0.480 e. The molecule has 0 saturated heterocycles. The van der Waals surface area contributed by atoms with Gasteiger partial charge in [-0.1, -0.05) is 13.8 Å². The first-order valence-corrected chi connectivity index (χ1v) is 6.61. The summed E-state index contributed by atoms with van der Waals surface area (Å²) in [5.74, 6) is -0.424. The van der Waals surface area contributed by atoms with Gasteiger partial charge in [0.15, 0.2) is 0 Å². The van der Waals surface area contributed by atoms with E-state index in [0.29, 0.717) is 18.9 Å². The molecule has 0 spiro atoms. The molecule has 0 radical (unpaired) electrons. The van der Waals surface area contributed by atoms with Crippen molar-refractivity contribution in [1.82, 2.24) is 10.3 Å². The van der Waals surface area contributed by atoms with Gasteiger partial charge in [0.25, 0.3) is 0 Å². The molecule has 5 heteroatoms. The summed E-state index contributed by atoms with van der Waals surface area (Å²) in [5, 5.41) is 13.1. The van der Waals surface area contributed by atoms with Crippen LogP contribution in [0.15, 0.2) is 0 Å². The smallest absolute Gasteiger partial charge is 0.320 e. The molecular formula is C12H20N2O2S. The maximum Gasteiger partial charge on any atom is 0.320 e. The van der Waals surface area contributed by atoms with Crippen LogP contribution in [0.1, 0.15) is 35.8 Å². The molecule has 2 N–H and O–H groups in total. The fraction of sp³-hybridized carbons (Fsp3) is 0.667. The lowest BCUT2D eigenvalue weighted by atomic mass is 10.0. The van der Waals surface area contributed by atoms with Gasteiger partial charge >= 0.3 is 5.97 Å². The molecule has 0 amide bonds. The average molecular weight is 256 g/mol. The van der Waals surface area contributed by atoms with Gasteiger partial charge in [-0.05, 0) is 26.2 Å². The fourth-order valence-electron chi connectivity index (χ4n) is 1.57. The summed E-state index contributed by atoms with van der Waals surface area (Å²) in [6.07, 6.45) is 0.638. The number of carboxylic acid groups (broad SMARTS) is 1. The second-order valence-electron chi connectivity index (χ2n) is 4.65. The van der Waals surface area contributed by atoms with Crippen LogP contribution in [0.2, 0.25) is 0 Å². The van der Waals surface area contributed by atoms with Gasteiger partial charge in [0.2, 0.25) is 0 Å². The Morgan fingerprint density at radius 2 is 2.12 bits per heavy atom. The van der Waals surface area contributed by atoms with Crippen LogP contribution in [0.25, 0.3) is 0 Å². The van der Waals surface area contributed by atoms with Crippen molar-refractivity contribution in [2.75, 3.05) is 0 Å². The van der Waals surface area contributed by atoms with Gasteiger partial charge in [0, 0.05) is 11.4 Å². The second kappa shape index (κ2) is 6.12. The Morgan fingerprint density at radius 3 is 2.53 bits per heavy atom. The van der Waals surface area contributed by atoms with Crippen molar-refractivity contribution in [3.63, 3.8) is 0 Å². The number of aryl methyl sites for hydroxylation is 2. The van der Waals surface area contributed by atoms with Crippen molar-refractivity contribution in [2.45, 2.75) is 46.7 Å². The van der Waals surface area contributed by atoms with Crippen LogP contribution in [0, 0.1) is 19.8 Å². The molecule has 0 aliphatic carbocycles. The van der Waals surface area contributed by atoms with Crippen LogP contribution in [-0.4, -0.2) is 22.1 Å². The van der Waals surface area contributed by atoms with Gasteiger partial charge < -0.3 is 5.11 Å². The Labute approximate surface area is 106 Å². The van der Waals surface area contributed by atoms with Crippen molar-refractivity contribution in [3.05, 3.63) is 15.6 Å². The summed E-state index contributed by atoms with van der Waals surface area (Å²) < 4.78 is 0. The number of nitrogens with one attached hydrogen (secondary N) is 1. The number of carboxylic acids is 1. The Kier molecular flexibility index (Phi) is 5.08. The molecule has 1 unspecified atom stereocenters. The predicted molar refractivity (Wildman–Crippen MR) is 69.3 cm³/mol. The summed E-state index contributed by atoms with van der Waals surface area (Å²) in [6.45, 7) is 8.57. The zero-order chi connectivity index (χ0) is 13.0. The first-order valence-electron chi connectivity index (χ1n) is 5.79. The topological polar surface area (TPSA) is 62.2 Å². The maximum atomic E-state index is 11.0. The molecule has 0 saturated carbocycles. The van der Waals surface area contributed by atoms with E-state index in [1.54, 1.807) is 11.3 Å². The molecule has 17 heavy (non-hydrogen) atoms. The molecule has 1 aromatic heterocycles. The summed E-state index contributed by atoms with van der Waals surface area (Å²) >= 11 is 1.62. The lowest BCUT2D eigenvalue weighted by Crippen LogP contribution is -2.37. The highest BCUT2D eigenvalue weighted by Gasteiger charge is 2.18. The minimum absolute atomic E-state index is 0.364. The van der Waals surface area contributed by atoms with E-state index in [1.165, 1.54) is 4.88 Å². The highest BCUT2D eigenvalue weighted by molar-refractivity contribution is 7.11. The third-order valence-electron chi connectivity index (χ3n) is 2.58. The number of nitrogens with zero attached hydrogens (tertiary/aromatic N) is 1. The number of carbonyl (C=O) groups is 1. The number of aromatic nitrogens is 1. The minimum atomic E-state index is -0.788. The second-order valence-corrected chi connectivity index (χ2v) is 5.94. The van der Waals surface area contributed by atoms with Crippen LogP contribution in [-0.2, 0) is 11.3 Å². The third-order valence-corrected chi connectivity index (χ3v) is 3.65. The monoisotopic (exact) mass is 256 g/mol. The largest absolute Gasteiger partial charge is 0.480 e. The molecule has 0 aliphatic rings. The summed E-state index contributed by atoms with van der Waals surface area (Å²) in [6, 6.07) is -0.487. The van der Waals surface area contributed by atoms with Crippen molar-refractivity contribution in [2.24, 2.45) is 5.92 Å². The lowest BCUT2D eigenvalue weighted by Gasteiger charge is -2.15. The predicted octanol–water partition coefficient (Wildman–Crippen LogP) is 2.35. The number of rotatable bonds is 6. The van der Waals surface area contributed by atoms with Gasteiger partial charge in [-0.2, -0.15) is 0 Å². The quantitative estimate of drug-likeness (QED) is 0.820. The van der Waals surface area contributed by atoms with Gasteiger partial charge in [-0.25, -0.2) is 4.98 Å². The zero-order valence-electron chi connectivity index (χ0n) is 10.8. The first-order chi connectivity index (χ1) is 7.90. The highest BCUT2D eigenvalue weighted by atomic mass is 32.1. The summed E-state index contributed by atoms with van der Waals surface area (Å²) in [4.78, 5) is 16.6. The van der Waals surface area contributed by atoms with E-state index < -0.39 is 12.0 Å². The molecule has 1 atom stereocenters. The Balaban J connectivity index is 2.54. The Hall–Kier alpha value is -0.940. The standard InChI is InChI=1S/C12H20N2O2S/c1-7(2)5-10(12(15)16)13-6-11-14-8(3)9(4)17-11/h7,10,13H,5-6H2,1-4H3,(H,15,16). The van der Waals surface area contributed by atoms with Gasteiger partial charge in [-0.3, -0.25) is 10.1 Å². The van der Waals surface area contributed by atoms with Crippen molar-refractivity contribution in [3.8, 4) is 0 Å². The van der Waals surface area contributed by atoms with Crippen molar-refractivity contribution >= 4 is 17.3 Å². The molecule has 0 fully saturated rings. The molecule has 0 bridgehead atoms. The number of hydrogen-bond donors (Lipinski definition) is 2. The number of thiazole rings is 1. The molecule has 1 aromatic rings. The van der Waals surface area contributed by atoms with E-state index in [4.69, 9.17) is 5.11 Å². The molecular weight excluding hydrogens is 236 g/mol. The molecule has 1 rings (SSSR count). The summed E-state index contributed by atoms with van der Waals surface area (Å²) in [5.41, 5.74) is 1.03. The molecule has 4 nitrogen and oxygen atoms in total. The van der Waals surface area contributed by atoms with Gasteiger partial charge in [0.1, 0.15) is 11.0 Å². The normalized spacial score (nSPS) is 13.0. The number of hydrogen-bond acceptors (Lipinski definition) is 4. The van der Waals surface area contributed by atoms with Crippen LogP contribution in [0.5, 0.6) is 0 Å². The Morgan fingerprint density at radius 1 is 1.47 bits per heavy atom. The average Bonchev–Trinajstić information content (AvgIpc) is 2.52. The fourth-order valence-corrected chi connectivity index (χ4v) is 2.45. The molecule has 96 valence electrons. The van der Waals surface area contributed by atoms with E-state index in [-0.39, 0.29) is 0 Å². The molecule has 1 heterocycles. The highest BCUT2D eigenvalue weighted by Crippen LogP contribution is 2.16. The van der Waals surface area contributed by atoms with Crippen LogP contribution in [0.4, 0.5) is 0 Å². The van der Waals surface area contributed by atoms with E-state index in [2.05, 4.69) is 10.3 Å². The first kappa shape index (κ1) is 14.1. The maximum absolute atomic E-state index is 11.0. The lowest BCUT2D eigenvalue weighted by molar-refractivity contribution is -0.140. The molecule has 0 aliphatic heterocycles. The van der Waals surface area contributed by atoms with Crippen LogP contribution < -0.4 is 5.32 Å². The van der Waals surface area contributed by atoms with Gasteiger partial charge in [0.05, 0.1) is 5.69 Å². The zero-order valence-corrected chi connectivity index (χ0v) is 11.6.